The summed E-state index contributed by atoms with van der Waals surface area (Å²) in [7, 11) is 0. The van der Waals surface area contributed by atoms with Crippen LogP contribution in [0.3, 0.4) is 0 Å². The number of nitrogens with two attached hydrogens (primary N) is 1. The molecule has 0 spiro atoms. The maximum Gasteiger partial charge on any atom is 0.319 e. The summed E-state index contributed by atoms with van der Waals surface area (Å²) < 4.78 is 24.0. The zero-order valence-corrected chi connectivity index (χ0v) is 25.4. The van der Waals surface area contributed by atoms with Crippen LogP contribution in [0.1, 0.15) is 63.0 Å². The Morgan fingerprint density at radius 3 is 2.67 bits per heavy atom. The van der Waals surface area contributed by atoms with Gasteiger partial charge in [0.15, 0.2) is 10.9 Å². The van der Waals surface area contributed by atoms with Gasteiger partial charge in [0.25, 0.3) is 0 Å². The number of nitrogen functional groups attached to an aromatic ring is 1. The van der Waals surface area contributed by atoms with Crippen molar-refractivity contribution >= 4 is 43.4 Å². The van der Waals surface area contributed by atoms with Crippen molar-refractivity contribution in [1.82, 2.24) is 24.8 Å². The molecule has 3 N–H and O–H groups in total. The first kappa shape index (κ1) is 27.7. The highest BCUT2D eigenvalue weighted by Crippen LogP contribution is 2.41. The zero-order chi connectivity index (χ0) is 29.2. The average molecular weight is 592 g/mol. The number of rotatable bonds is 5. The highest BCUT2D eigenvalue weighted by molar-refractivity contribution is 7.22. The maximum absolute atomic E-state index is 16.7. The second-order valence-corrected chi connectivity index (χ2v) is 13.8. The molecule has 2 unspecified atom stereocenters. The molecule has 0 amide bonds. The van der Waals surface area contributed by atoms with Crippen molar-refractivity contribution in [3.05, 3.63) is 29.2 Å². The van der Waals surface area contributed by atoms with Gasteiger partial charge in [0, 0.05) is 24.8 Å². The Hall–Kier alpha value is -3.15. The van der Waals surface area contributed by atoms with E-state index < -0.39 is 11.4 Å². The van der Waals surface area contributed by atoms with Crippen LogP contribution in [0.2, 0.25) is 0 Å². The van der Waals surface area contributed by atoms with Crippen LogP contribution in [-0.2, 0) is 0 Å². The fraction of sp³-hybridized carbons (Fsp3) is 0.548. The van der Waals surface area contributed by atoms with E-state index in [0.717, 1.165) is 54.6 Å². The topological polar surface area (TPSA) is 114 Å². The minimum Gasteiger partial charge on any atom is -0.461 e. The lowest BCUT2D eigenvalue weighted by molar-refractivity contribution is 0.0384. The summed E-state index contributed by atoms with van der Waals surface area (Å²) in [6.45, 7) is 9.52. The summed E-state index contributed by atoms with van der Waals surface area (Å²) in [5.41, 5.74) is 8.71. The first-order valence-corrected chi connectivity index (χ1v) is 15.8. The molecule has 42 heavy (non-hydrogen) atoms. The number of hydrogen-bond acceptors (Lipinski definition) is 10. The van der Waals surface area contributed by atoms with E-state index in [1.165, 1.54) is 24.2 Å². The number of aliphatic hydroxyl groups is 1. The van der Waals surface area contributed by atoms with Gasteiger partial charge in [0.05, 0.1) is 26.7 Å². The largest absolute Gasteiger partial charge is 0.461 e. The predicted molar refractivity (Wildman–Crippen MR) is 165 cm³/mol. The summed E-state index contributed by atoms with van der Waals surface area (Å²) >= 11 is 1.38. The number of piperidine rings is 2. The molecule has 222 valence electrons. The Balaban J connectivity index is 1.37. The minimum atomic E-state index is -0.872. The second-order valence-electron chi connectivity index (χ2n) is 12.7. The number of hydrogen-bond donors (Lipinski definition) is 2. The number of thiazole rings is 1. The Labute approximate surface area is 248 Å². The van der Waals surface area contributed by atoms with Crippen LogP contribution in [0.5, 0.6) is 6.01 Å². The van der Waals surface area contributed by atoms with Crippen molar-refractivity contribution in [1.29, 1.82) is 0 Å². The van der Waals surface area contributed by atoms with Gasteiger partial charge in [0.2, 0.25) is 0 Å². The third kappa shape index (κ3) is 4.66. The molecule has 11 heteroatoms. The first-order valence-electron chi connectivity index (χ1n) is 15.0. The van der Waals surface area contributed by atoms with Crippen LogP contribution >= 0.6 is 11.3 Å². The maximum atomic E-state index is 16.7. The van der Waals surface area contributed by atoms with E-state index in [0.29, 0.717) is 53.5 Å². The highest BCUT2D eigenvalue weighted by Gasteiger charge is 2.43. The number of ether oxygens (including phenoxy) is 1. The normalized spacial score (nSPS) is 24.9. The van der Waals surface area contributed by atoms with Gasteiger partial charge in [-0.3, -0.25) is 9.88 Å². The molecule has 0 aliphatic carbocycles. The summed E-state index contributed by atoms with van der Waals surface area (Å²) in [6, 6.07) is 2.20. The Morgan fingerprint density at radius 1 is 1.05 bits per heavy atom. The Bertz CT molecular complexity index is 1690. The summed E-state index contributed by atoms with van der Waals surface area (Å²) in [5.74, 6) is 0.00558. The first-order chi connectivity index (χ1) is 20.1. The van der Waals surface area contributed by atoms with E-state index in [1.807, 2.05) is 31.7 Å². The van der Waals surface area contributed by atoms with Gasteiger partial charge in [-0.25, -0.2) is 9.37 Å². The molecule has 7 rings (SSSR count). The number of benzene rings is 1. The number of fused-ring (bicyclic) bond motifs is 3. The van der Waals surface area contributed by atoms with Crippen molar-refractivity contribution in [3.63, 3.8) is 0 Å². The number of aryl methyl sites for hydroxylation is 1. The number of aromatic nitrogens is 4. The lowest BCUT2D eigenvalue weighted by Gasteiger charge is -2.41. The number of β-amino-alcohol motifs (C(OH)–C–C–N with tert-alkyl or cyclic N) is 1. The molecule has 3 aliphatic rings. The van der Waals surface area contributed by atoms with Crippen molar-refractivity contribution < 1.29 is 14.2 Å². The molecule has 3 aromatic heterocycles. The summed E-state index contributed by atoms with van der Waals surface area (Å²) in [6.07, 6.45) is 8.88. The molecule has 9 nitrogen and oxygen atoms in total. The predicted octanol–water partition coefficient (Wildman–Crippen LogP) is 5.39. The van der Waals surface area contributed by atoms with Crippen LogP contribution < -0.4 is 15.4 Å². The van der Waals surface area contributed by atoms with Gasteiger partial charge < -0.3 is 20.5 Å². The van der Waals surface area contributed by atoms with E-state index >= 15 is 4.39 Å². The number of halogens is 1. The SMILES string of the molecule is Cc1cc2sc(N)nc2c(-c2ncc3c(N4CCCC(C)(O)C4)nc(OCC45CCCCN4CCC5)nc3c2F)c1C. The molecule has 1 aromatic carbocycles. The third-order valence-electron chi connectivity index (χ3n) is 9.61. The third-order valence-corrected chi connectivity index (χ3v) is 10.4. The van der Waals surface area contributed by atoms with Crippen LogP contribution in [0.15, 0.2) is 12.3 Å². The molecular weight excluding hydrogens is 553 g/mol. The van der Waals surface area contributed by atoms with E-state index in [4.69, 9.17) is 15.5 Å². The highest BCUT2D eigenvalue weighted by atomic mass is 32.1. The Kier molecular flexibility index (Phi) is 6.75. The van der Waals surface area contributed by atoms with Gasteiger partial charge in [-0.05, 0) is 89.6 Å². The molecule has 3 aliphatic heterocycles. The summed E-state index contributed by atoms with van der Waals surface area (Å²) in [5, 5.41) is 11.8. The monoisotopic (exact) mass is 591 g/mol. The lowest BCUT2D eigenvalue weighted by atomic mass is 9.87. The van der Waals surface area contributed by atoms with Crippen LogP contribution in [0.25, 0.3) is 32.4 Å². The summed E-state index contributed by atoms with van der Waals surface area (Å²) in [4.78, 5) is 23.3. The molecule has 3 fully saturated rings. The number of nitrogens with zero attached hydrogens (tertiary/aromatic N) is 6. The average Bonchev–Trinajstić information content (AvgIpc) is 3.55. The van der Waals surface area contributed by atoms with Gasteiger partial charge >= 0.3 is 6.01 Å². The molecular formula is C31H38FN7O2S. The fourth-order valence-corrected chi connectivity index (χ4v) is 8.16. The van der Waals surface area contributed by atoms with E-state index in [9.17, 15) is 5.11 Å². The molecule has 4 aromatic rings. The quantitative estimate of drug-likeness (QED) is 0.315. The number of pyridine rings is 1. The lowest BCUT2D eigenvalue weighted by Crippen LogP contribution is -2.51. The Morgan fingerprint density at radius 2 is 1.83 bits per heavy atom. The van der Waals surface area contributed by atoms with Crippen molar-refractivity contribution in [2.75, 3.05) is 43.4 Å². The van der Waals surface area contributed by atoms with Crippen molar-refractivity contribution in [2.45, 2.75) is 76.9 Å². The fourth-order valence-electron chi connectivity index (χ4n) is 7.32. The molecule has 0 saturated carbocycles. The van der Waals surface area contributed by atoms with Gasteiger partial charge in [-0.2, -0.15) is 9.97 Å². The van der Waals surface area contributed by atoms with Crippen LogP contribution in [0, 0.1) is 19.7 Å². The smallest absolute Gasteiger partial charge is 0.319 e. The van der Waals surface area contributed by atoms with Gasteiger partial charge in [0.1, 0.15) is 23.6 Å². The molecule has 0 radical (unpaired) electrons. The minimum absolute atomic E-state index is 0.0116. The molecule has 3 saturated heterocycles. The van der Waals surface area contributed by atoms with Gasteiger partial charge in [-0.15, -0.1) is 0 Å². The molecule has 6 heterocycles. The van der Waals surface area contributed by atoms with E-state index in [1.54, 1.807) is 6.20 Å². The standard InChI is InChI=1S/C31H38FN7O2S/c1-18-14-21-25(35-28(33)42-21)22(19(18)2)26-23(32)24-20(15-34-26)27(38-11-6-8-30(3,40)16-38)37-29(36-24)41-17-31-9-4-5-12-39(31)13-7-10-31/h14-15,40H,4-13,16-17H2,1-3H3,(H2,33,35). The van der Waals surface area contributed by atoms with E-state index in [2.05, 4.69) is 19.9 Å². The second kappa shape index (κ2) is 10.2. The van der Waals surface area contributed by atoms with Gasteiger partial charge in [-0.1, -0.05) is 17.8 Å². The molecule has 0 bridgehead atoms. The number of anilines is 2. The van der Waals surface area contributed by atoms with E-state index in [-0.39, 0.29) is 22.8 Å². The van der Waals surface area contributed by atoms with Crippen LogP contribution in [-0.4, -0.2) is 73.9 Å². The molecule has 2 atom stereocenters. The van der Waals surface area contributed by atoms with Crippen molar-refractivity contribution in [2.24, 2.45) is 0 Å². The zero-order valence-electron chi connectivity index (χ0n) is 24.5. The van der Waals surface area contributed by atoms with Crippen LogP contribution in [0.4, 0.5) is 15.3 Å². The van der Waals surface area contributed by atoms with Crippen molar-refractivity contribution in [3.8, 4) is 17.3 Å².